The highest BCUT2D eigenvalue weighted by atomic mass is 16.5. The summed E-state index contributed by atoms with van der Waals surface area (Å²) in [5, 5.41) is 12.5. The molecule has 228 valence electrons. The number of nitriles is 1. The van der Waals surface area contributed by atoms with E-state index in [1.807, 2.05) is 34.9 Å². The first kappa shape index (κ1) is 25.3. The maximum absolute atomic E-state index is 9.08. The van der Waals surface area contributed by atoms with Gasteiger partial charge in [-0.05, 0) is 54.8 Å². The zero-order valence-corrected chi connectivity index (χ0v) is 24.6. The summed E-state index contributed by atoms with van der Waals surface area (Å²) >= 11 is 0. The number of piperidine rings is 1. The first-order valence-corrected chi connectivity index (χ1v) is 14.7. The highest BCUT2D eigenvalue weighted by Crippen LogP contribution is 2.31. The van der Waals surface area contributed by atoms with Crippen molar-refractivity contribution >= 4 is 22.8 Å². The van der Waals surface area contributed by atoms with Crippen LogP contribution in [-0.4, -0.2) is 70.5 Å². The number of nitrogens with two attached hydrogens (primary N) is 1. The topological polar surface area (TPSA) is 169 Å². The van der Waals surface area contributed by atoms with Gasteiger partial charge >= 0.3 is 0 Å². The van der Waals surface area contributed by atoms with E-state index in [4.69, 9.17) is 29.8 Å². The minimum Gasteiger partial charge on any atom is -0.481 e. The Labute approximate surface area is 269 Å². The fraction of sp³-hybridized carbons (Fsp3) is 0.212. The molecule has 0 aliphatic carbocycles. The van der Waals surface area contributed by atoms with Gasteiger partial charge in [-0.2, -0.15) is 5.26 Å². The monoisotopic (exact) mass is 613 g/mol. The molecule has 46 heavy (non-hydrogen) atoms. The number of nitrogens with zero attached hydrogens (tertiary/aromatic N) is 10. The van der Waals surface area contributed by atoms with Crippen LogP contribution in [0.2, 0.25) is 0 Å². The van der Waals surface area contributed by atoms with Crippen LogP contribution >= 0.6 is 0 Å². The van der Waals surface area contributed by atoms with Crippen LogP contribution in [0.1, 0.15) is 28.3 Å². The van der Waals surface area contributed by atoms with Crippen molar-refractivity contribution in [1.82, 2.24) is 44.4 Å². The molecule has 5 aromatic heterocycles. The zero-order valence-electron chi connectivity index (χ0n) is 27.6. The summed E-state index contributed by atoms with van der Waals surface area (Å²) < 4.78 is 28.8. The summed E-state index contributed by atoms with van der Waals surface area (Å²) in [6.45, 7) is 2.63. The molecule has 13 heteroatoms. The van der Waals surface area contributed by atoms with Gasteiger partial charge in [-0.1, -0.05) is 12.1 Å². The number of ether oxygens (including phenoxy) is 1. The van der Waals surface area contributed by atoms with Gasteiger partial charge in [0.15, 0.2) is 17.3 Å². The number of likely N-dealkylation sites (tertiary alicyclic amines) is 1. The summed E-state index contributed by atoms with van der Waals surface area (Å²) in [4.78, 5) is 33.3. The van der Waals surface area contributed by atoms with E-state index in [0.717, 1.165) is 43.7 Å². The summed E-state index contributed by atoms with van der Waals surface area (Å²) in [5.74, 6) is 1.57. The smallest absolute Gasteiger partial charge is 0.234 e. The third-order valence-electron chi connectivity index (χ3n) is 7.88. The van der Waals surface area contributed by atoms with Crippen molar-refractivity contribution < 1.29 is 8.85 Å². The quantitative estimate of drug-likeness (QED) is 0.250. The van der Waals surface area contributed by atoms with Crippen LogP contribution in [0.15, 0.2) is 79.4 Å². The van der Waals surface area contributed by atoms with Gasteiger partial charge in [-0.25, -0.2) is 34.9 Å². The number of nitrogens with one attached hydrogen (secondary N) is 1. The predicted octanol–water partition coefficient (Wildman–Crippen LogP) is 4.27. The lowest BCUT2D eigenvalue weighted by atomic mass is 10.0. The fourth-order valence-corrected chi connectivity index (χ4v) is 5.58. The number of fused-ring (bicyclic) bond motifs is 1. The SMILES string of the molecule is [2H]C([2H])([2H])Oc1ccc(-c2ccc3nc(-c4nccnc4N)n(-c4ccc(CN5CCC(Nc6ccnc(C#N)n6)CC5)cc4)c3n2)cn1. The highest BCUT2D eigenvalue weighted by molar-refractivity contribution is 5.83. The van der Waals surface area contributed by atoms with Crippen molar-refractivity contribution in [3.8, 4) is 40.4 Å². The summed E-state index contributed by atoms with van der Waals surface area (Å²) in [6, 6.07) is 19.2. The molecule has 7 rings (SSSR count). The lowest BCUT2D eigenvalue weighted by molar-refractivity contribution is 0.211. The third-order valence-corrected chi connectivity index (χ3v) is 7.88. The van der Waals surface area contributed by atoms with Crippen LogP contribution in [-0.2, 0) is 6.54 Å². The first-order chi connectivity index (χ1) is 23.7. The van der Waals surface area contributed by atoms with E-state index >= 15 is 0 Å². The van der Waals surface area contributed by atoms with E-state index in [9.17, 15) is 0 Å². The normalized spacial score (nSPS) is 15.1. The standard InChI is InChI=1S/C33H30N12O/c1-46-29-9-4-22(19-39-29)25-7-8-26-32(41-25)45(33(42-26)30-31(35)38-15-14-37-30)24-5-2-21(3-6-24)20-44-16-11-23(12-17-44)40-27-10-13-36-28(18-34)43-27/h2-10,13-15,19,23H,11-12,16-17,20H2,1H3,(H2,35,38)(H,36,40,43)/i1D3. The van der Waals surface area contributed by atoms with Gasteiger partial charge in [0.1, 0.15) is 23.1 Å². The Morgan fingerprint density at radius 1 is 0.957 bits per heavy atom. The number of hydrogen-bond donors (Lipinski definition) is 2. The molecule has 13 nitrogen and oxygen atoms in total. The Kier molecular flexibility index (Phi) is 6.91. The van der Waals surface area contributed by atoms with E-state index in [-0.39, 0.29) is 23.6 Å². The van der Waals surface area contributed by atoms with E-state index in [2.05, 4.69) is 47.3 Å². The number of nitrogen functional groups attached to an aromatic ring is 1. The Morgan fingerprint density at radius 3 is 2.57 bits per heavy atom. The molecule has 0 radical (unpaired) electrons. The fourth-order valence-electron chi connectivity index (χ4n) is 5.58. The van der Waals surface area contributed by atoms with Crippen LogP contribution in [0.5, 0.6) is 5.88 Å². The van der Waals surface area contributed by atoms with Gasteiger partial charge in [-0.15, -0.1) is 0 Å². The Balaban J connectivity index is 1.13. The zero-order chi connectivity index (χ0) is 34.0. The molecule has 1 aliphatic heterocycles. The van der Waals surface area contributed by atoms with Gasteiger partial charge in [0, 0.05) is 67.8 Å². The maximum Gasteiger partial charge on any atom is 0.234 e. The van der Waals surface area contributed by atoms with Crippen molar-refractivity contribution in [2.24, 2.45) is 0 Å². The number of aromatic nitrogens is 8. The largest absolute Gasteiger partial charge is 0.481 e. The van der Waals surface area contributed by atoms with Gasteiger partial charge in [-0.3, -0.25) is 9.47 Å². The van der Waals surface area contributed by atoms with E-state index in [1.165, 1.54) is 18.5 Å². The predicted molar refractivity (Wildman–Crippen MR) is 173 cm³/mol. The van der Waals surface area contributed by atoms with Crippen molar-refractivity contribution in [2.45, 2.75) is 25.4 Å². The lowest BCUT2D eigenvalue weighted by Gasteiger charge is -2.32. The van der Waals surface area contributed by atoms with Crippen LogP contribution in [0.4, 0.5) is 11.6 Å². The number of hydrogen-bond acceptors (Lipinski definition) is 12. The van der Waals surface area contributed by atoms with Crippen LogP contribution in [0, 0.1) is 11.3 Å². The van der Waals surface area contributed by atoms with E-state index in [1.54, 1.807) is 24.5 Å². The average molecular weight is 614 g/mol. The van der Waals surface area contributed by atoms with Crippen LogP contribution < -0.4 is 15.8 Å². The molecule has 3 N–H and O–H groups in total. The van der Waals surface area contributed by atoms with Crippen molar-refractivity contribution in [3.63, 3.8) is 0 Å². The number of anilines is 2. The average Bonchev–Trinajstić information content (AvgIpc) is 3.48. The molecule has 1 aliphatic rings. The van der Waals surface area contributed by atoms with E-state index < -0.39 is 7.04 Å². The summed E-state index contributed by atoms with van der Waals surface area (Å²) in [5.41, 5.74) is 11.2. The minimum absolute atomic E-state index is 0.00577. The Morgan fingerprint density at radius 2 is 1.80 bits per heavy atom. The molecule has 0 unspecified atom stereocenters. The first-order valence-electron chi connectivity index (χ1n) is 16.2. The molecule has 1 aromatic carbocycles. The summed E-state index contributed by atoms with van der Waals surface area (Å²) in [6.07, 6.45) is 8.12. The van der Waals surface area contributed by atoms with Gasteiger partial charge in [0.2, 0.25) is 11.7 Å². The summed E-state index contributed by atoms with van der Waals surface area (Å²) in [7, 11) is -2.59. The van der Waals surface area contributed by atoms with Crippen molar-refractivity contribution in [1.29, 1.82) is 5.26 Å². The van der Waals surface area contributed by atoms with Crippen LogP contribution in [0.3, 0.4) is 0 Å². The molecule has 1 fully saturated rings. The molecular weight excluding hydrogens is 580 g/mol. The molecule has 0 saturated carbocycles. The van der Waals surface area contributed by atoms with Crippen molar-refractivity contribution in [3.05, 3.63) is 90.8 Å². The molecule has 1 saturated heterocycles. The van der Waals surface area contributed by atoms with Crippen LogP contribution in [0.25, 0.3) is 39.6 Å². The number of methoxy groups -OCH3 is 1. The number of imidazole rings is 1. The van der Waals surface area contributed by atoms with E-state index in [0.29, 0.717) is 39.8 Å². The Bertz CT molecular complexity index is 2140. The molecule has 0 atom stereocenters. The van der Waals surface area contributed by atoms with Gasteiger partial charge in [0.25, 0.3) is 0 Å². The third kappa shape index (κ3) is 5.89. The number of benzene rings is 1. The second-order valence-corrected chi connectivity index (χ2v) is 10.8. The maximum atomic E-state index is 9.08. The van der Waals surface area contributed by atoms with Gasteiger partial charge in [0.05, 0.1) is 16.8 Å². The van der Waals surface area contributed by atoms with Crippen molar-refractivity contribution in [2.75, 3.05) is 31.2 Å². The second-order valence-electron chi connectivity index (χ2n) is 10.8. The van der Waals surface area contributed by atoms with Gasteiger partial charge < -0.3 is 15.8 Å². The molecule has 0 bridgehead atoms. The molecule has 6 heterocycles. The highest BCUT2D eigenvalue weighted by Gasteiger charge is 2.22. The lowest BCUT2D eigenvalue weighted by Crippen LogP contribution is -2.38. The molecule has 0 amide bonds. The molecule has 6 aromatic rings. The minimum atomic E-state index is -2.59. The second kappa shape index (κ2) is 12.5. The molecular formula is C33H30N12O. The number of pyridine rings is 2. The molecule has 0 spiro atoms. The Hall–Kier alpha value is -6.00. The number of rotatable bonds is 8.